The Labute approximate surface area is 120 Å². The van der Waals surface area contributed by atoms with Crippen LogP contribution in [0.3, 0.4) is 0 Å². The van der Waals surface area contributed by atoms with Crippen LogP contribution in [0.15, 0.2) is 30.5 Å². The Morgan fingerprint density at radius 3 is 2.81 bits per heavy atom. The number of nitrogens with one attached hydrogen (secondary N) is 1. The molecule has 0 saturated carbocycles. The van der Waals surface area contributed by atoms with Gasteiger partial charge in [0.25, 0.3) is 0 Å². The molecule has 1 aliphatic rings. The average Bonchev–Trinajstić information content (AvgIpc) is 3.10. The van der Waals surface area contributed by atoms with Gasteiger partial charge in [-0.05, 0) is 25.5 Å². The van der Waals surface area contributed by atoms with E-state index >= 15 is 0 Å². The zero-order valence-electron chi connectivity index (χ0n) is 11.3. The van der Waals surface area contributed by atoms with Crippen molar-refractivity contribution in [3.05, 3.63) is 36.0 Å². The zero-order chi connectivity index (χ0) is 14.9. The molecular weight excluding hydrogens is 281 g/mol. The minimum atomic E-state index is -4.40. The van der Waals surface area contributed by atoms with E-state index in [1.54, 1.807) is 16.9 Å². The first-order chi connectivity index (χ1) is 10.0. The van der Waals surface area contributed by atoms with E-state index in [-0.39, 0.29) is 11.3 Å². The van der Waals surface area contributed by atoms with Crippen LogP contribution >= 0.6 is 0 Å². The van der Waals surface area contributed by atoms with Gasteiger partial charge in [0.15, 0.2) is 0 Å². The van der Waals surface area contributed by atoms with Crippen LogP contribution in [-0.4, -0.2) is 27.6 Å². The van der Waals surface area contributed by atoms with Gasteiger partial charge in [0.05, 0.1) is 18.3 Å². The molecule has 0 bridgehead atoms. The molecule has 0 spiro atoms. The second kappa shape index (κ2) is 5.48. The number of benzene rings is 1. The van der Waals surface area contributed by atoms with E-state index in [1.165, 1.54) is 12.1 Å². The third-order valence-electron chi connectivity index (χ3n) is 3.62. The number of hydrogen-bond donors (Lipinski definition) is 1. The second-order valence-electron chi connectivity index (χ2n) is 5.16. The van der Waals surface area contributed by atoms with E-state index in [4.69, 9.17) is 0 Å². The number of nitrogens with zero attached hydrogens (tertiary/aromatic N) is 3. The lowest BCUT2D eigenvalue weighted by molar-refractivity contribution is -0.137. The maximum absolute atomic E-state index is 13.0. The molecule has 2 heterocycles. The van der Waals surface area contributed by atoms with Crippen LogP contribution < -0.4 is 5.32 Å². The molecule has 1 aromatic heterocycles. The molecule has 1 aliphatic heterocycles. The average molecular weight is 296 g/mol. The van der Waals surface area contributed by atoms with Gasteiger partial charge in [0, 0.05) is 11.6 Å². The van der Waals surface area contributed by atoms with Crippen molar-refractivity contribution >= 4 is 0 Å². The number of hydrogen-bond acceptors (Lipinski definition) is 3. The van der Waals surface area contributed by atoms with Crippen LogP contribution in [0.25, 0.3) is 11.3 Å². The SMILES string of the molecule is FC(F)(F)c1ccccc1-c1cn(C[C@@H]2CCCN2)nn1. The highest BCUT2D eigenvalue weighted by atomic mass is 19.4. The molecule has 7 heteroatoms. The fraction of sp³-hybridized carbons (Fsp3) is 0.429. The van der Waals surface area contributed by atoms with Gasteiger partial charge >= 0.3 is 6.18 Å². The molecule has 2 aromatic rings. The van der Waals surface area contributed by atoms with Crippen LogP contribution in [0.4, 0.5) is 13.2 Å². The normalized spacial score (nSPS) is 19.1. The predicted octanol–water partition coefficient (Wildman–Crippen LogP) is 2.72. The van der Waals surface area contributed by atoms with Crippen LogP contribution in [0.1, 0.15) is 18.4 Å². The fourth-order valence-electron chi connectivity index (χ4n) is 2.60. The third-order valence-corrected chi connectivity index (χ3v) is 3.62. The minimum absolute atomic E-state index is 0.0654. The van der Waals surface area contributed by atoms with E-state index < -0.39 is 11.7 Å². The first kappa shape index (κ1) is 14.1. The van der Waals surface area contributed by atoms with Crippen molar-refractivity contribution in [2.45, 2.75) is 31.6 Å². The Balaban J connectivity index is 1.86. The maximum Gasteiger partial charge on any atom is 0.417 e. The van der Waals surface area contributed by atoms with Crippen molar-refractivity contribution in [1.29, 1.82) is 0 Å². The Bertz CT molecular complexity index is 615. The molecule has 1 saturated heterocycles. The van der Waals surface area contributed by atoms with Gasteiger partial charge < -0.3 is 5.32 Å². The Morgan fingerprint density at radius 1 is 1.29 bits per heavy atom. The smallest absolute Gasteiger partial charge is 0.312 e. The summed E-state index contributed by atoms with van der Waals surface area (Å²) in [5.41, 5.74) is -0.368. The third kappa shape index (κ3) is 3.07. The monoisotopic (exact) mass is 296 g/mol. The van der Waals surface area contributed by atoms with Gasteiger partial charge in [-0.3, -0.25) is 4.68 Å². The molecule has 21 heavy (non-hydrogen) atoms. The van der Waals surface area contributed by atoms with Crippen molar-refractivity contribution < 1.29 is 13.2 Å². The zero-order valence-corrected chi connectivity index (χ0v) is 11.3. The van der Waals surface area contributed by atoms with E-state index in [2.05, 4.69) is 15.6 Å². The summed E-state index contributed by atoms with van der Waals surface area (Å²) in [6.07, 6.45) is -0.657. The molecule has 0 radical (unpaired) electrons. The summed E-state index contributed by atoms with van der Waals surface area (Å²) >= 11 is 0. The van der Waals surface area contributed by atoms with Crippen LogP contribution in [0.2, 0.25) is 0 Å². The van der Waals surface area contributed by atoms with Gasteiger partial charge in [-0.25, -0.2) is 0 Å². The molecule has 1 fully saturated rings. The molecule has 1 N–H and O–H groups in total. The summed E-state index contributed by atoms with van der Waals surface area (Å²) in [5.74, 6) is 0. The Kier molecular flexibility index (Phi) is 3.67. The highest BCUT2D eigenvalue weighted by Gasteiger charge is 2.34. The van der Waals surface area contributed by atoms with E-state index in [9.17, 15) is 13.2 Å². The minimum Gasteiger partial charge on any atom is -0.312 e. The quantitative estimate of drug-likeness (QED) is 0.947. The van der Waals surface area contributed by atoms with E-state index in [1.807, 2.05) is 0 Å². The standard InChI is InChI=1S/C14H15F3N4/c15-14(16,17)12-6-2-1-5-11(12)13-9-21(20-19-13)8-10-4-3-7-18-10/h1-2,5-6,9-10,18H,3-4,7-8H2/t10-/m0/s1. The van der Waals surface area contributed by atoms with Gasteiger partial charge in [-0.1, -0.05) is 23.4 Å². The van der Waals surface area contributed by atoms with Gasteiger partial charge in [-0.2, -0.15) is 13.2 Å². The van der Waals surface area contributed by atoms with Crippen molar-refractivity contribution in [3.8, 4) is 11.3 Å². The van der Waals surface area contributed by atoms with Crippen molar-refractivity contribution in [2.24, 2.45) is 0 Å². The molecule has 3 rings (SSSR count). The molecule has 112 valence electrons. The summed E-state index contributed by atoms with van der Waals surface area (Å²) in [6.45, 7) is 1.60. The largest absolute Gasteiger partial charge is 0.417 e. The lowest BCUT2D eigenvalue weighted by Gasteiger charge is -2.10. The fourth-order valence-corrected chi connectivity index (χ4v) is 2.60. The maximum atomic E-state index is 13.0. The number of rotatable bonds is 3. The van der Waals surface area contributed by atoms with Gasteiger partial charge in [0.2, 0.25) is 0 Å². The summed E-state index contributed by atoms with van der Waals surface area (Å²) in [5, 5.41) is 11.1. The highest BCUT2D eigenvalue weighted by molar-refractivity contribution is 5.63. The van der Waals surface area contributed by atoms with E-state index in [0.29, 0.717) is 12.6 Å². The molecule has 1 aromatic carbocycles. The number of halogens is 3. The predicted molar refractivity (Wildman–Crippen MR) is 71.5 cm³/mol. The first-order valence-corrected chi connectivity index (χ1v) is 6.84. The van der Waals surface area contributed by atoms with Crippen LogP contribution in [0.5, 0.6) is 0 Å². The summed E-state index contributed by atoms with van der Waals surface area (Å²) in [7, 11) is 0. The van der Waals surface area contributed by atoms with E-state index in [0.717, 1.165) is 25.5 Å². The van der Waals surface area contributed by atoms with Gasteiger partial charge in [-0.15, -0.1) is 5.10 Å². The van der Waals surface area contributed by atoms with Crippen LogP contribution in [-0.2, 0) is 12.7 Å². The molecule has 0 amide bonds. The van der Waals surface area contributed by atoms with Crippen LogP contribution in [0, 0.1) is 0 Å². The van der Waals surface area contributed by atoms with Crippen molar-refractivity contribution in [3.63, 3.8) is 0 Å². The topological polar surface area (TPSA) is 42.7 Å². The summed E-state index contributed by atoms with van der Waals surface area (Å²) < 4.78 is 40.6. The molecular formula is C14H15F3N4. The molecule has 4 nitrogen and oxygen atoms in total. The summed E-state index contributed by atoms with van der Waals surface area (Å²) in [4.78, 5) is 0. The Morgan fingerprint density at radius 2 is 2.10 bits per heavy atom. The lowest BCUT2D eigenvalue weighted by atomic mass is 10.0. The van der Waals surface area contributed by atoms with Crippen molar-refractivity contribution in [2.75, 3.05) is 6.54 Å². The second-order valence-corrected chi connectivity index (χ2v) is 5.16. The van der Waals surface area contributed by atoms with Gasteiger partial charge in [0.1, 0.15) is 5.69 Å². The number of alkyl halides is 3. The molecule has 1 atom stereocenters. The van der Waals surface area contributed by atoms with Crippen molar-refractivity contribution in [1.82, 2.24) is 20.3 Å². The molecule has 0 unspecified atom stereocenters. The first-order valence-electron chi connectivity index (χ1n) is 6.84. The number of aromatic nitrogens is 3. The summed E-state index contributed by atoms with van der Waals surface area (Å²) in [6, 6.07) is 5.75. The highest BCUT2D eigenvalue weighted by Crippen LogP contribution is 2.36. The Hall–Kier alpha value is -1.89. The molecule has 0 aliphatic carbocycles. The lowest BCUT2D eigenvalue weighted by Crippen LogP contribution is -2.26.